The quantitative estimate of drug-likeness (QED) is 0.855. The maximum absolute atomic E-state index is 13.0. The minimum absolute atomic E-state index is 0.00568. The zero-order valence-corrected chi connectivity index (χ0v) is 10.5. The predicted molar refractivity (Wildman–Crippen MR) is 61.8 cm³/mol. The molecule has 0 aliphatic heterocycles. The predicted octanol–water partition coefficient (Wildman–Crippen LogP) is 2.02. The zero-order chi connectivity index (χ0) is 14.6. The third kappa shape index (κ3) is 4.51. The molecule has 0 aromatic heterocycles. The first-order chi connectivity index (χ1) is 8.71. The van der Waals surface area contributed by atoms with Gasteiger partial charge in [-0.15, -0.1) is 0 Å². The number of amides is 1. The molecule has 0 saturated heterocycles. The fourth-order valence-corrected chi connectivity index (χ4v) is 1.37. The van der Waals surface area contributed by atoms with Gasteiger partial charge in [-0.3, -0.25) is 4.79 Å². The van der Waals surface area contributed by atoms with Crippen LogP contribution in [0.15, 0.2) is 18.2 Å². The number of nitrogens with one attached hydrogen (secondary N) is 1. The summed E-state index contributed by atoms with van der Waals surface area (Å²) >= 11 is 0. The van der Waals surface area contributed by atoms with Gasteiger partial charge in [0.05, 0.1) is 12.1 Å². The molecule has 1 aromatic rings. The minimum atomic E-state index is -4.72. The Morgan fingerprint density at radius 2 is 1.95 bits per heavy atom. The number of likely N-dealkylation sites (N-methyl/N-ethyl adjacent to an activating group) is 1. The molecule has 1 rings (SSSR count). The van der Waals surface area contributed by atoms with Gasteiger partial charge < -0.3 is 10.2 Å². The fourth-order valence-electron chi connectivity index (χ4n) is 1.37. The summed E-state index contributed by atoms with van der Waals surface area (Å²) in [6.07, 6.45) is -4.72. The minimum Gasteiger partial charge on any atom is -0.348 e. The number of benzene rings is 1. The Morgan fingerprint density at radius 3 is 2.47 bits per heavy atom. The highest BCUT2D eigenvalue weighted by Crippen LogP contribution is 2.31. The Bertz CT molecular complexity index is 458. The second-order valence-electron chi connectivity index (χ2n) is 4.20. The number of hydrogen-bond donors (Lipinski definition) is 1. The number of rotatable bonds is 4. The summed E-state index contributed by atoms with van der Waals surface area (Å²) in [6.45, 7) is 0.0642. The topological polar surface area (TPSA) is 32.3 Å². The third-order valence-electron chi connectivity index (χ3n) is 2.44. The lowest BCUT2D eigenvalue weighted by Gasteiger charge is -2.12. The van der Waals surface area contributed by atoms with Gasteiger partial charge in [0.25, 0.3) is 0 Å². The van der Waals surface area contributed by atoms with Crippen molar-refractivity contribution < 1.29 is 22.4 Å². The van der Waals surface area contributed by atoms with Crippen LogP contribution in [0, 0.1) is 5.82 Å². The van der Waals surface area contributed by atoms with E-state index in [0.717, 1.165) is 12.1 Å². The van der Waals surface area contributed by atoms with E-state index in [1.807, 2.05) is 0 Å². The van der Waals surface area contributed by atoms with Crippen LogP contribution in [0.2, 0.25) is 0 Å². The largest absolute Gasteiger partial charge is 0.419 e. The van der Waals surface area contributed by atoms with Gasteiger partial charge in [-0.2, -0.15) is 13.2 Å². The monoisotopic (exact) mass is 278 g/mol. The lowest BCUT2D eigenvalue weighted by Crippen LogP contribution is -2.32. The summed E-state index contributed by atoms with van der Waals surface area (Å²) in [5.74, 6) is -1.50. The van der Waals surface area contributed by atoms with Crippen LogP contribution in [0.5, 0.6) is 0 Å². The van der Waals surface area contributed by atoms with Gasteiger partial charge in [0.1, 0.15) is 5.82 Å². The third-order valence-corrected chi connectivity index (χ3v) is 2.44. The number of hydrogen-bond acceptors (Lipinski definition) is 2. The number of halogens is 4. The molecule has 1 amide bonds. The molecule has 19 heavy (non-hydrogen) atoms. The van der Waals surface area contributed by atoms with E-state index in [9.17, 15) is 22.4 Å². The molecule has 0 radical (unpaired) electrons. The Kier molecular flexibility index (Phi) is 4.88. The van der Waals surface area contributed by atoms with Crippen LogP contribution in [0.3, 0.4) is 0 Å². The molecule has 1 aromatic carbocycles. The molecule has 0 aliphatic rings. The Balaban J connectivity index is 2.68. The molecular formula is C12H14F4N2O. The van der Waals surface area contributed by atoms with E-state index < -0.39 is 17.6 Å². The van der Waals surface area contributed by atoms with Crippen molar-refractivity contribution in [3.05, 3.63) is 35.1 Å². The van der Waals surface area contributed by atoms with Gasteiger partial charge in [0.15, 0.2) is 0 Å². The summed E-state index contributed by atoms with van der Waals surface area (Å²) in [6, 6.07) is 2.76. The fraction of sp³-hybridized carbons (Fsp3) is 0.417. The summed E-state index contributed by atoms with van der Waals surface area (Å²) in [4.78, 5) is 12.6. The Labute approximate surface area is 108 Å². The Hall–Kier alpha value is -1.63. The molecule has 7 heteroatoms. The standard InChI is InChI=1S/C12H14F4N2O/c1-18(2)11(19)7-17-6-8-3-4-10(13)9(5-8)12(14,15)16/h3-5,17H,6-7H2,1-2H3. The normalized spacial score (nSPS) is 11.5. The van der Waals surface area contributed by atoms with Crippen molar-refractivity contribution in [1.29, 1.82) is 0 Å². The van der Waals surface area contributed by atoms with E-state index in [1.54, 1.807) is 14.1 Å². The van der Waals surface area contributed by atoms with Gasteiger partial charge >= 0.3 is 6.18 Å². The van der Waals surface area contributed by atoms with Crippen LogP contribution in [0.25, 0.3) is 0 Å². The van der Waals surface area contributed by atoms with Crippen molar-refractivity contribution in [3.8, 4) is 0 Å². The van der Waals surface area contributed by atoms with Crippen LogP contribution >= 0.6 is 0 Å². The van der Waals surface area contributed by atoms with E-state index in [2.05, 4.69) is 5.32 Å². The molecule has 0 atom stereocenters. The number of alkyl halides is 3. The first-order valence-electron chi connectivity index (χ1n) is 5.48. The maximum atomic E-state index is 13.0. The van der Waals surface area contributed by atoms with Crippen LogP contribution < -0.4 is 5.32 Å². The average molecular weight is 278 g/mol. The van der Waals surface area contributed by atoms with E-state index in [-0.39, 0.29) is 24.6 Å². The highest BCUT2D eigenvalue weighted by atomic mass is 19.4. The van der Waals surface area contributed by atoms with E-state index in [0.29, 0.717) is 0 Å². The van der Waals surface area contributed by atoms with Crippen LogP contribution in [0.4, 0.5) is 17.6 Å². The molecule has 0 aliphatic carbocycles. The highest BCUT2D eigenvalue weighted by molar-refractivity contribution is 5.77. The van der Waals surface area contributed by atoms with Gasteiger partial charge in [-0.25, -0.2) is 4.39 Å². The molecule has 0 unspecified atom stereocenters. The number of carbonyl (C=O) groups is 1. The van der Waals surface area contributed by atoms with Crippen molar-refractivity contribution in [2.45, 2.75) is 12.7 Å². The van der Waals surface area contributed by atoms with E-state index in [4.69, 9.17) is 0 Å². The van der Waals surface area contributed by atoms with Gasteiger partial charge in [-0.05, 0) is 17.7 Å². The van der Waals surface area contributed by atoms with Crippen molar-refractivity contribution >= 4 is 5.91 Å². The van der Waals surface area contributed by atoms with Crippen LogP contribution in [-0.4, -0.2) is 31.4 Å². The SMILES string of the molecule is CN(C)C(=O)CNCc1ccc(F)c(C(F)(F)F)c1. The van der Waals surface area contributed by atoms with E-state index >= 15 is 0 Å². The van der Waals surface area contributed by atoms with Gasteiger partial charge in [0, 0.05) is 20.6 Å². The van der Waals surface area contributed by atoms with E-state index in [1.165, 1.54) is 11.0 Å². The molecule has 1 N–H and O–H groups in total. The molecule has 0 heterocycles. The lowest BCUT2D eigenvalue weighted by atomic mass is 10.1. The van der Waals surface area contributed by atoms with Gasteiger partial charge in [0.2, 0.25) is 5.91 Å². The summed E-state index contributed by atoms with van der Waals surface area (Å²) in [5, 5.41) is 2.70. The lowest BCUT2D eigenvalue weighted by molar-refractivity contribution is -0.140. The first-order valence-corrected chi connectivity index (χ1v) is 5.48. The van der Waals surface area contributed by atoms with Crippen molar-refractivity contribution in [3.63, 3.8) is 0 Å². The highest BCUT2D eigenvalue weighted by Gasteiger charge is 2.34. The number of nitrogens with zero attached hydrogens (tertiary/aromatic N) is 1. The first kappa shape index (κ1) is 15.4. The smallest absolute Gasteiger partial charge is 0.348 e. The second-order valence-corrected chi connectivity index (χ2v) is 4.20. The molecule has 106 valence electrons. The van der Waals surface area contributed by atoms with Crippen molar-refractivity contribution in [2.24, 2.45) is 0 Å². The van der Waals surface area contributed by atoms with Crippen molar-refractivity contribution in [2.75, 3.05) is 20.6 Å². The maximum Gasteiger partial charge on any atom is 0.419 e. The molecule has 0 saturated carbocycles. The molecular weight excluding hydrogens is 264 g/mol. The second kappa shape index (κ2) is 6.01. The van der Waals surface area contributed by atoms with Crippen LogP contribution in [0.1, 0.15) is 11.1 Å². The Morgan fingerprint density at radius 1 is 1.32 bits per heavy atom. The summed E-state index contributed by atoms with van der Waals surface area (Å²) in [5.41, 5.74) is -1.04. The molecule has 0 spiro atoms. The summed E-state index contributed by atoms with van der Waals surface area (Å²) < 4.78 is 50.4. The molecule has 0 fully saturated rings. The van der Waals surface area contributed by atoms with Gasteiger partial charge in [-0.1, -0.05) is 6.07 Å². The molecule has 3 nitrogen and oxygen atoms in total. The average Bonchev–Trinajstić information content (AvgIpc) is 2.29. The molecule has 0 bridgehead atoms. The van der Waals surface area contributed by atoms with Crippen LogP contribution in [-0.2, 0) is 17.5 Å². The summed E-state index contributed by atoms with van der Waals surface area (Å²) in [7, 11) is 3.15. The number of carbonyl (C=O) groups excluding carboxylic acids is 1. The zero-order valence-electron chi connectivity index (χ0n) is 10.5. The van der Waals surface area contributed by atoms with Crippen molar-refractivity contribution in [1.82, 2.24) is 10.2 Å².